The Kier molecular flexibility index (Phi) is 5.55. The monoisotopic (exact) mass is 263 g/mol. The predicted molar refractivity (Wildman–Crippen MR) is 74.7 cm³/mol. The van der Waals surface area contributed by atoms with Crippen LogP contribution in [-0.2, 0) is 17.7 Å². The van der Waals surface area contributed by atoms with Crippen LogP contribution in [0.25, 0.3) is 0 Å². The van der Waals surface area contributed by atoms with E-state index in [1.54, 1.807) is 6.92 Å². The summed E-state index contributed by atoms with van der Waals surface area (Å²) in [4.78, 5) is 23.3. The molecule has 0 saturated heterocycles. The van der Waals surface area contributed by atoms with E-state index in [-0.39, 0.29) is 0 Å². The van der Waals surface area contributed by atoms with Gasteiger partial charge in [0, 0.05) is 12.2 Å². The van der Waals surface area contributed by atoms with Gasteiger partial charge in [-0.1, -0.05) is 19.1 Å². The highest BCUT2D eigenvalue weighted by Gasteiger charge is 2.24. The quantitative estimate of drug-likeness (QED) is 0.450. The molecule has 0 aliphatic heterocycles. The molecule has 104 valence electrons. The van der Waals surface area contributed by atoms with Crippen molar-refractivity contribution in [3.05, 3.63) is 34.7 Å². The van der Waals surface area contributed by atoms with E-state index >= 15 is 0 Å². The summed E-state index contributed by atoms with van der Waals surface area (Å²) in [6.45, 7) is 8.43. The minimum atomic E-state index is -0.433. The number of hydrogen-bond donors (Lipinski definition) is 0. The topological polar surface area (TPSA) is 48.3 Å². The number of aromatic nitrogens is 1. The van der Waals surface area contributed by atoms with Crippen LogP contribution in [0.1, 0.15) is 52.9 Å². The summed E-state index contributed by atoms with van der Waals surface area (Å²) in [7, 11) is 0. The second kappa shape index (κ2) is 6.92. The summed E-state index contributed by atoms with van der Waals surface area (Å²) in [5.74, 6) is -0.433. The van der Waals surface area contributed by atoms with Crippen molar-refractivity contribution >= 4 is 12.3 Å². The van der Waals surface area contributed by atoms with Gasteiger partial charge in [0.1, 0.15) is 5.69 Å². The molecule has 0 radical (unpaired) electrons. The summed E-state index contributed by atoms with van der Waals surface area (Å²) in [5.41, 5.74) is 2.68. The molecule has 0 spiro atoms. The van der Waals surface area contributed by atoms with Gasteiger partial charge < -0.3 is 9.30 Å². The van der Waals surface area contributed by atoms with Gasteiger partial charge in [-0.15, -0.1) is 0 Å². The molecule has 0 atom stereocenters. The third kappa shape index (κ3) is 2.95. The summed E-state index contributed by atoms with van der Waals surface area (Å²) in [5, 5.41) is 0. The van der Waals surface area contributed by atoms with Crippen LogP contribution in [0.5, 0.6) is 0 Å². The fraction of sp³-hybridized carbons (Fsp3) is 0.467. The first-order valence-corrected chi connectivity index (χ1v) is 6.57. The van der Waals surface area contributed by atoms with Crippen molar-refractivity contribution < 1.29 is 14.3 Å². The molecule has 0 amide bonds. The number of carbonyl (C=O) groups is 2. The van der Waals surface area contributed by atoms with E-state index in [2.05, 4.69) is 0 Å². The lowest BCUT2D eigenvalue weighted by molar-refractivity contribution is 0.0512. The first kappa shape index (κ1) is 15.2. The molecule has 4 heteroatoms. The van der Waals surface area contributed by atoms with E-state index in [4.69, 9.17) is 4.74 Å². The molecule has 1 aromatic rings. The highest BCUT2D eigenvalue weighted by atomic mass is 16.5. The first-order valence-electron chi connectivity index (χ1n) is 6.57. The Morgan fingerprint density at radius 1 is 1.37 bits per heavy atom. The van der Waals surface area contributed by atoms with Gasteiger partial charge in [-0.3, -0.25) is 4.79 Å². The van der Waals surface area contributed by atoms with Crippen molar-refractivity contribution in [1.29, 1.82) is 0 Å². The van der Waals surface area contributed by atoms with Crippen molar-refractivity contribution in [2.24, 2.45) is 0 Å². The zero-order chi connectivity index (χ0) is 14.4. The van der Waals surface area contributed by atoms with Gasteiger partial charge in [0.25, 0.3) is 0 Å². The Morgan fingerprint density at radius 2 is 2.05 bits per heavy atom. The van der Waals surface area contributed by atoms with Crippen LogP contribution in [0.4, 0.5) is 0 Å². The number of rotatable bonds is 6. The number of allylic oxidation sites excluding steroid dienone is 2. The van der Waals surface area contributed by atoms with E-state index in [0.29, 0.717) is 24.4 Å². The summed E-state index contributed by atoms with van der Waals surface area (Å²) >= 11 is 0. The third-order valence-electron chi connectivity index (χ3n) is 3.13. The van der Waals surface area contributed by atoms with Crippen molar-refractivity contribution in [1.82, 2.24) is 4.57 Å². The summed E-state index contributed by atoms with van der Waals surface area (Å²) < 4.78 is 6.93. The minimum Gasteiger partial charge on any atom is -0.461 e. The molecule has 1 aromatic heterocycles. The lowest BCUT2D eigenvalue weighted by Gasteiger charge is -2.10. The second-order valence-corrected chi connectivity index (χ2v) is 4.21. The molecule has 0 unspecified atom stereocenters. The van der Waals surface area contributed by atoms with Crippen LogP contribution in [0.3, 0.4) is 0 Å². The van der Waals surface area contributed by atoms with E-state index in [1.165, 1.54) is 0 Å². The highest BCUT2D eigenvalue weighted by molar-refractivity contribution is 5.98. The number of aldehydes is 1. The highest BCUT2D eigenvalue weighted by Crippen LogP contribution is 2.23. The maximum Gasteiger partial charge on any atom is 0.355 e. The van der Waals surface area contributed by atoms with Crippen LogP contribution < -0.4 is 0 Å². The average molecular weight is 263 g/mol. The molecule has 4 nitrogen and oxygen atoms in total. The van der Waals surface area contributed by atoms with Crippen LogP contribution in [0.2, 0.25) is 0 Å². The normalized spacial score (nSPS) is 10.9. The smallest absolute Gasteiger partial charge is 0.355 e. The number of nitrogens with zero attached hydrogens (tertiary/aromatic N) is 1. The fourth-order valence-electron chi connectivity index (χ4n) is 2.25. The Morgan fingerprint density at radius 3 is 2.53 bits per heavy atom. The first-order chi connectivity index (χ1) is 9.12. The summed E-state index contributed by atoms with van der Waals surface area (Å²) in [6, 6.07) is 0. The third-order valence-corrected chi connectivity index (χ3v) is 3.13. The number of carbonyl (C=O) groups excluding carboxylic acids is 2. The molecule has 0 saturated carbocycles. The molecule has 0 aliphatic rings. The van der Waals surface area contributed by atoms with E-state index in [1.807, 2.05) is 37.5 Å². The van der Waals surface area contributed by atoms with Crippen molar-refractivity contribution in [3.8, 4) is 0 Å². The Bertz CT molecular complexity index is 498. The molecular weight excluding hydrogens is 242 g/mol. The van der Waals surface area contributed by atoms with Gasteiger partial charge in [0.15, 0.2) is 6.29 Å². The maximum absolute atomic E-state index is 12.1. The molecular formula is C15H21NO3. The molecule has 0 fully saturated rings. The van der Waals surface area contributed by atoms with Gasteiger partial charge in [0.05, 0.1) is 12.2 Å². The van der Waals surface area contributed by atoms with E-state index in [0.717, 1.165) is 24.0 Å². The fourth-order valence-corrected chi connectivity index (χ4v) is 2.25. The molecule has 0 aliphatic carbocycles. The van der Waals surface area contributed by atoms with Crippen LogP contribution in [0, 0.1) is 6.92 Å². The largest absolute Gasteiger partial charge is 0.461 e. The van der Waals surface area contributed by atoms with E-state index < -0.39 is 5.97 Å². The SMILES string of the molecule is CC=CCn1c(CC)c(C)c(C=O)c1C(=O)OCC. The standard InChI is InChI=1S/C15H21NO3/c1-5-8-9-16-13(6-2)11(4)12(10-17)14(16)15(18)19-7-3/h5,8,10H,6-7,9H2,1-4H3. The van der Waals surface area contributed by atoms with Gasteiger partial charge in [-0.05, 0) is 32.8 Å². The predicted octanol–water partition coefficient (Wildman–Crippen LogP) is 2.92. The number of esters is 1. The Hall–Kier alpha value is -1.84. The average Bonchev–Trinajstić information content (AvgIpc) is 2.68. The molecule has 1 rings (SSSR count). The van der Waals surface area contributed by atoms with Gasteiger partial charge in [0.2, 0.25) is 0 Å². The van der Waals surface area contributed by atoms with Crippen molar-refractivity contribution in [3.63, 3.8) is 0 Å². The van der Waals surface area contributed by atoms with Gasteiger partial charge in [-0.2, -0.15) is 0 Å². The zero-order valence-corrected chi connectivity index (χ0v) is 12.0. The van der Waals surface area contributed by atoms with Crippen LogP contribution in [0.15, 0.2) is 12.2 Å². The Labute approximate surface area is 114 Å². The van der Waals surface area contributed by atoms with Crippen molar-refractivity contribution in [2.45, 2.75) is 40.7 Å². The number of hydrogen-bond acceptors (Lipinski definition) is 3. The maximum atomic E-state index is 12.1. The second-order valence-electron chi connectivity index (χ2n) is 4.21. The van der Waals surface area contributed by atoms with Gasteiger partial charge in [-0.25, -0.2) is 4.79 Å². The lowest BCUT2D eigenvalue weighted by Crippen LogP contribution is -2.15. The summed E-state index contributed by atoms with van der Waals surface area (Å²) in [6.07, 6.45) is 5.39. The lowest BCUT2D eigenvalue weighted by atomic mass is 10.1. The molecule has 1 heterocycles. The molecule has 0 bridgehead atoms. The van der Waals surface area contributed by atoms with E-state index in [9.17, 15) is 9.59 Å². The minimum absolute atomic E-state index is 0.298. The van der Waals surface area contributed by atoms with Crippen LogP contribution in [-0.4, -0.2) is 23.4 Å². The molecule has 0 aromatic carbocycles. The number of ether oxygens (including phenoxy) is 1. The van der Waals surface area contributed by atoms with Crippen LogP contribution >= 0.6 is 0 Å². The van der Waals surface area contributed by atoms with Gasteiger partial charge >= 0.3 is 5.97 Å². The van der Waals surface area contributed by atoms with Crippen molar-refractivity contribution in [2.75, 3.05) is 6.61 Å². The zero-order valence-electron chi connectivity index (χ0n) is 12.0. The molecule has 0 N–H and O–H groups in total. The molecule has 19 heavy (non-hydrogen) atoms. The Balaban J connectivity index is 3.45.